The van der Waals surface area contributed by atoms with E-state index in [4.69, 9.17) is 18.9 Å². The van der Waals surface area contributed by atoms with Crippen LogP contribution in [0.15, 0.2) is 29.2 Å². The first-order chi connectivity index (χ1) is 14.1. The van der Waals surface area contributed by atoms with Crippen molar-refractivity contribution in [3.8, 4) is 23.0 Å². The van der Waals surface area contributed by atoms with Crippen LogP contribution in [0.5, 0.6) is 23.0 Å². The zero-order chi connectivity index (χ0) is 22.6. The fourth-order valence-electron chi connectivity index (χ4n) is 2.61. The molecule has 0 aliphatic carbocycles. The highest BCUT2D eigenvalue weighted by Crippen LogP contribution is 2.46. The van der Waals surface area contributed by atoms with Gasteiger partial charge in [0, 0.05) is 6.07 Å². The van der Waals surface area contributed by atoms with Crippen molar-refractivity contribution in [3.63, 3.8) is 0 Å². The minimum absolute atomic E-state index is 0.0230. The summed E-state index contributed by atoms with van der Waals surface area (Å²) in [5, 5.41) is 20.9. The fraction of sp³-hybridized carbons (Fsp3) is 0.235. The minimum Gasteiger partial charge on any atom is -0.497 e. The standard InChI is InChI=1S/C17H18N2O10S/c1-26-9-5-6-13(11(7-9)19(22)23)30(24,25)18-14-10(17(20)21)8-12(27-2)15(28-3)16(14)29-4/h5-8,18H,1-4H3,(H,20,21). The van der Waals surface area contributed by atoms with Gasteiger partial charge in [0.25, 0.3) is 15.7 Å². The van der Waals surface area contributed by atoms with Crippen LogP contribution in [0.1, 0.15) is 10.4 Å². The Hall–Kier alpha value is -3.74. The molecule has 2 aromatic rings. The first-order valence-corrected chi connectivity index (χ1v) is 9.51. The van der Waals surface area contributed by atoms with Gasteiger partial charge in [0.05, 0.1) is 45.0 Å². The summed E-state index contributed by atoms with van der Waals surface area (Å²) in [5.74, 6) is -1.82. The van der Waals surface area contributed by atoms with Gasteiger partial charge in [0.15, 0.2) is 16.4 Å². The highest BCUT2D eigenvalue weighted by atomic mass is 32.2. The van der Waals surface area contributed by atoms with Gasteiger partial charge in [-0.25, -0.2) is 13.2 Å². The molecule has 0 aromatic heterocycles. The third kappa shape index (κ3) is 4.15. The number of nitrogens with one attached hydrogen (secondary N) is 1. The van der Waals surface area contributed by atoms with E-state index in [9.17, 15) is 28.4 Å². The number of nitro groups is 1. The van der Waals surface area contributed by atoms with Gasteiger partial charge in [-0.05, 0) is 12.1 Å². The number of rotatable bonds is 9. The number of nitrogens with zero attached hydrogens (tertiary/aromatic N) is 1. The van der Waals surface area contributed by atoms with Gasteiger partial charge in [-0.1, -0.05) is 0 Å². The Morgan fingerprint density at radius 2 is 1.67 bits per heavy atom. The average Bonchev–Trinajstić information content (AvgIpc) is 2.71. The Morgan fingerprint density at radius 1 is 1.03 bits per heavy atom. The number of nitro benzene ring substituents is 1. The van der Waals surface area contributed by atoms with Crippen molar-refractivity contribution < 1.29 is 42.2 Å². The molecule has 0 saturated heterocycles. The van der Waals surface area contributed by atoms with Crippen molar-refractivity contribution in [2.75, 3.05) is 33.2 Å². The zero-order valence-corrected chi connectivity index (χ0v) is 17.1. The summed E-state index contributed by atoms with van der Waals surface area (Å²) in [6.07, 6.45) is 0. The number of sulfonamides is 1. The minimum atomic E-state index is -4.63. The van der Waals surface area contributed by atoms with Crippen LogP contribution < -0.4 is 23.7 Å². The van der Waals surface area contributed by atoms with Gasteiger partial charge in [-0.3, -0.25) is 14.8 Å². The molecule has 30 heavy (non-hydrogen) atoms. The van der Waals surface area contributed by atoms with E-state index in [1.165, 1.54) is 27.4 Å². The normalized spacial score (nSPS) is 10.8. The molecule has 0 unspecified atom stereocenters. The topological polar surface area (TPSA) is 164 Å². The number of carbonyl (C=O) groups is 1. The average molecular weight is 442 g/mol. The summed E-state index contributed by atoms with van der Waals surface area (Å²) in [4.78, 5) is 21.5. The van der Waals surface area contributed by atoms with Crippen molar-refractivity contribution in [3.05, 3.63) is 39.9 Å². The summed E-state index contributed by atoms with van der Waals surface area (Å²) in [7, 11) is 0.293. The van der Waals surface area contributed by atoms with Gasteiger partial charge in [0.1, 0.15) is 11.4 Å². The number of benzene rings is 2. The maximum Gasteiger partial charge on any atom is 0.338 e. The molecule has 12 nitrogen and oxygen atoms in total. The zero-order valence-electron chi connectivity index (χ0n) is 16.3. The van der Waals surface area contributed by atoms with E-state index >= 15 is 0 Å². The molecule has 0 aliphatic heterocycles. The van der Waals surface area contributed by atoms with E-state index in [0.717, 1.165) is 25.3 Å². The van der Waals surface area contributed by atoms with Gasteiger partial charge in [-0.2, -0.15) is 0 Å². The summed E-state index contributed by atoms with van der Waals surface area (Å²) in [5.41, 5.74) is -1.78. The van der Waals surface area contributed by atoms with Crippen LogP contribution in [0.3, 0.4) is 0 Å². The van der Waals surface area contributed by atoms with Crippen molar-refractivity contribution in [2.45, 2.75) is 4.90 Å². The molecule has 0 aliphatic rings. The third-order valence-electron chi connectivity index (χ3n) is 3.95. The predicted octanol–water partition coefficient (Wildman–Crippen LogP) is 2.13. The molecule has 0 atom stereocenters. The molecule has 0 radical (unpaired) electrons. The molecular weight excluding hydrogens is 424 g/mol. The number of methoxy groups -OCH3 is 4. The van der Waals surface area contributed by atoms with E-state index in [1.807, 2.05) is 4.72 Å². The fourth-order valence-corrected chi connectivity index (χ4v) is 3.85. The molecule has 13 heteroatoms. The largest absolute Gasteiger partial charge is 0.497 e. The van der Waals surface area contributed by atoms with Gasteiger partial charge in [0.2, 0.25) is 5.75 Å². The van der Waals surface area contributed by atoms with Gasteiger partial charge in [-0.15, -0.1) is 0 Å². The monoisotopic (exact) mass is 442 g/mol. The molecule has 2 rings (SSSR count). The quantitative estimate of drug-likeness (QED) is 0.434. The molecule has 162 valence electrons. The second kappa shape index (κ2) is 8.73. The first kappa shape index (κ1) is 22.5. The predicted molar refractivity (Wildman–Crippen MR) is 104 cm³/mol. The molecule has 2 N–H and O–H groups in total. The van der Waals surface area contributed by atoms with Crippen LogP contribution in [-0.2, 0) is 10.0 Å². The lowest BCUT2D eigenvalue weighted by Crippen LogP contribution is -2.18. The van der Waals surface area contributed by atoms with Crippen molar-refractivity contribution >= 4 is 27.4 Å². The lowest BCUT2D eigenvalue weighted by molar-refractivity contribution is -0.387. The molecule has 0 spiro atoms. The molecule has 0 heterocycles. The molecule has 0 amide bonds. The highest BCUT2D eigenvalue weighted by Gasteiger charge is 2.31. The lowest BCUT2D eigenvalue weighted by atomic mass is 10.1. The smallest absolute Gasteiger partial charge is 0.338 e. The molecule has 2 aromatic carbocycles. The Morgan fingerprint density at radius 3 is 2.13 bits per heavy atom. The third-order valence-corrected chi connectivity index (χ3v) is 5.35. The first-order valence-electron chi connectivity index (χ1n) is 8.02. The van der Waals surface area contributed by atoms with Crippen LogP contribution in [0, 0.1) is 10.1 Å². The Bertz CT molecular complexity index is 1100. The van der Waals surface area contributed by atoms with Crippen LogP contribution in [0.2, 0.25) is 0 Å². The summed E-state index contributed by atoms with van der Waals surface area (Å²) in [6, 6.07) is 4.14. The number of anilines is 1. The molecular formula is C17H18N2O10S. The summed E-state index contributed by atoms with van der Waals surface area (Å²) >= 11 is 0. The highest BCUT2D eigenvalue weighted by molar-refractivity contribution is 7.92. The Balaban J connectivity index is 2.75. The number of aromatic carboxylic acids is 1. The number of ether oxygens (including phenoxy) is 4. The number of hydrogen-bond donors (Lipinski definition) is 2. The second-order valence-electron chi connectivity index (χ2n) is 5.57. The van der Waals surface area contributed by atoms with Crippen LogP contribution >= 0.6 is 0 Å². The van der Waals surface area contributed by atoms with Crippen LogP contribution in [0.4, 0.5) is 11.4 Å². The summed E-state index contributed by atoms with van der Waals surface area (Å²) in [6.45, 7) is 0. The second-order valence-corrected chi connectivity index (χ2v) is 7.22. The molecule has 0 fully saturated rings. The van der Waals surface area contributed by atoms with E-state index < -0.39 is 42.7 Å². The Labute approximate surface area is 171 Å². The number of hydrogen-bond acceptors (Lipinski definition) is 9. The SMILES string of the molecule is COc1ccc(S(=O)(=O)Nc2c(C(=O)O)cc(OC)c(OC)c2OC)c([N+](=O)[O-])c1. The van der Waals surface area contributed by atoms with Crippen molar-refractivity contribution in [1.29, 1.82) is 0 Å². The molecule has 0 saturated carbocycles. The number of carboxylic acids is 1. The van der Waals surface area contributed by atoms with E-state index in [2.05, 4.69) is 0 Å². The maximum atomic E-state index is 12.9. The van der Waals surface area contributed by atoms with Crippen LogP contribution in [-0.4, -0.2) is 52.9 Å². The maximum absolute atomic E-state index is 12.9. The Kier molecular flexibility index (Phi) is 6.56. The lowest BCUT2D eigenvalue weighted by Gasteiger charge is -2.19. The van der Waals surface area contributed by atoms with Crippen LogP contribution in [0.25, 0.3) is 0 Å². The molecule has 0 bridgehead atoms. The van der Waals surface area contributed by atoms with E-state index in [0.29, 0.717) is 0 Å². The van der Waals surface area contributed by atoms with Gasteiger partial charge >= 0.3 is 5.97 Å². The van der Waals surface area contributed by atoms with E-state index in [-0.39, 0.29) is 23.0 Å². The van der Waals surface area contributed by atoms with Crippen molar-refractivity contribution in [2.24, 2.45) is 0 Å². The van der Waals surface area contributed by atoms with Gasteiger partial charge < -0.3 is 24.1 Å². The van der Waals surface area contributed by atoms with Crippen molar-refractivity contribution in [1.82, 2.24) is 0 Å². The summed E-state index contributed by atoms with van der Waals surface area (Å²) < 4.78 is 48.2. The van der Waals surface area contributed by atoms with E-state index in [1.54, 1.807) is 0 Å². The number of carboxylic acid groups (broad SMARTS) is 1.